The van der Waals surface area contributed by atoms with E-state index in [-0.39, 0.29) is 10.7 Å². The van der Waals surface area contributed by atoms with Gasteiger partial charge in [0.05, 0.1) is 5.56 Å². The van der Waals surface area contributed by atoms with Gasteiger partial charge in [-0.2, -0.15) is 0 Å². The van der Waals surface area contributed by atoms with Crippen LogP contribution >= 0.6 is 11.6 Å². The topological polar surface area (TPSA) is 54.9 Å². The summed E-state index contributed by atoms with van der Waals surface area (Å²) in [5.74, 6) is 0. The lowest BCUT2D eigenvalue weighted by Crippen LogP contribution is -2.45. The van der Waals surface area contributed by atoms with Crippen molar-refractivity contribution in [3.63, 3.8) is 0 Å². The van der Waals surface area contributed by atoms with Crippen molar-refractivity contribution in [1.29, 1.82) is 0 Å². The lowest BCUT2D eigenvalue weighted by molar-refractivity contribution is 0.367. The highest BCUT2D eigenvalue weighted by Gasteiger charge is 2.22. The van der Waals surface area contributed by atoms with E-state index < -0.39 is 11.2 Å². The van der Waals surface area contributed by atoms with Gasteiger partial charge in [0.1, 0.15) is 5.15 Å². The molecule has 0 spiro atoms. The summed E-state index contributed by atoms with van der Waals surface area (Å²) in [5, 5.41) is 0.0751. The molecular weight excluding hydrogens is 276 g/mol. The van der Waals surface area contributed by atoms with Gasteiger partial charge in [-0.1, -0.05) is 41.4 Å². The van der Waals surface area contributed by atoms with Gasteiger partial charge in [-0.25, -0.2) is 4.79 Å². The average molecular weight is 293 g/mol. The predicted octanol–water partition coefficient (Wildman–Crippen LogP) is 2.92. The molecular formula is C15H17ClN2O2. The molecule has 0 saturated carbocycles. The van der Waals surface area contributed by atoms with Crippen LogP contribution in [0, 0.1) is 6.92 Å². The van der Waals surface area contributed by atoms with Crippen molar-refractivity contribution in [3.05, 3.63) is 55.8 Å². The molecule has 2 aromatic rings. The van der Waals surface area contributed by atoms with Gasteiger partial charge >= 0.3 is 5.69 Å². The zero-order valence-electron chi connectivity index (χ0n) is 12.0. The highest BCUT2D eigenvalue weighted by molar-refractivity contribution is 6.32. The summed E-state index contributed by atoms with van der Waals surface area (Å²) in [6.45, 7) is 7.35. The zero-order chi connectivity index (χ0) is 15.1. The molecule has 20 heavy (non-hydrogen) atoms. The van der Waals surface area contributed by atoms with E-state index in [9.17, 15) is 9.59 Å². The minimum Gasteiger partial charge on any atom is -0.297 e. The zero-order valence-corrected chi connectivity index (χ0v) is 12.7. The number of nitrogens with one attached hydrogen (secondary N) is 1. The van der Waals surface area contributed by atoms with Gasteiger partial charge in [0.25, 0.3) is 5.56 Å². The van der Waals surface area contributed by atoms with Crippen LogP contribution in [0.25, 0.3) is 11.1 Å². The number of hydrogen-bond donors (Lipinski definition) is 1. The van der Waals surface area contributed by atoms with Crippen molar-refractivity contribution in [3.8, 4) is 11.1 Å². The number of hydrogen-bond acceptors (Lipinski definition) is 2. The third kappa shape index (κ3) is 2.56. The molecule has 1 N–H and O–H groups in total. The van der Waals surface area contributed by atoms with Crippen LogP contribution in [0.5, 0.6) is 0 Å². The van der Waals surface area contributed by atoms with Crippen molar-refractivity contribution in [2.24, 2.45) is 0 Å². The van der Waals surface area contributed by atoms with E-state index in [4.69, 9.17) is 11.6 Å². The van der Waals surface area contributed by atoms with Gasteiger partial charge in [0.15, 0.2) is 0 Å². The van der Waals surface area contributed by atoms with Gasteiger partial charge < -0.3 is 0 Å². The molecule has 0 radical (unpaired) electrons. The summed E-state index contributed by atoms with van der Waals surface area (Å²) in [6, 6.07) is 7.47. The summed E-state index contributed by atoms with van der Waals surface area (Å²) in [4.78, 5) is 27.2. The monoisotopic (exact) mass is 292 g/mol. The first-order valence-corrected chi connectivity index (χ1v) is 6.72. The van der Waals surface area contributed by atoms with Crippen molar-refractivity contribution >= 4 is 11.6 Å². The predicted molar refractivity (Wildman–Crippen MR) is 81.5 cm³/mol. The van der Waals surface area contributed by atoms with E-state index in [2.05, 4.69) is 4.98 Å². The van der Waals surface area contributed by atoms with Crippen LogP contribution in [0.4, 0.5) is 0 Å². The second-order valence-electron chi connectivity index (χ2n) is 5.80. The molecule has 0 aliphatic carbocycles. The summed E-state index contributed by atoms with van der Waals surface area (Å²) in [6.07, 6.45) is 0. The number of nitrogens with zero attached hydrogens (tertiary/aromatic N) is 1. The first-order valence-electron chi connectivity index (χ1n) is 6.34. The summed E-state index contributed by atoms with van der Waals surface area (Å²) < 4.78 is 1.19. The maximum atomic E-state index is 12.6. The second-order valence-corrected chi connectivity index (χ2v) is 6.18. The van der Waals surface area contributed by atoms with Gasteiger partial charge in [-0.3, -0.25) is 14.3 Å². The number of aryl methyl sites for hydroxylation is 1. The number of aromatic nitrogens is 2. The molecule has 0 bridgehead atoms. The summed E-state index contributed by atoms with van der Waals surface area (Å²) >= 11 is 6.07. The quantitative estimate of drug-likeness (QED) is 0.822. The van der Waals surface area contributed by atoms with E-state index >= 15 is 0 Å². The Hall–Kier alpha value is -1.81. The lowest BCUT2D eigenvalue weighted by atomic mass is 10.0. The Kier molecular flexibility index (Phi) is 3.61. The minimum atomic E-state index is -0.617. The fourth-order valence-corrected chi connectivity index (χ4v) is 2.44. The first-order chi connectivity index (χ1) is 9.21. The van der Waals surface area contributed by atoms with E-state index in [0.717, 1.165) is 5.56 Å². The third-order valence-electron chi connectivity index (χ3n) is 3.03. The van der Waals surface area contributed by atoms with Crippen molar-refractivity contribution < 1.29 is 0 Å². The SMILES string of the molecule is Cc1cccc(-c2c(Cl)[nH]c(=O)n(C(C)(C)C)c2=O)c1. The molecule has 1 heterocycles. The minimum absolute atomic E-state index is 0.0751. The fourth-order valence-electron chi connectivity index (χ4n) is 2.17. The largest absolute Gasteiger partial charge is 0.330 e. The molecule has 0 atom stereocenters. The van der Waals surface area contributed by atoms with Crippen LogP contribution in [-0.4, -0.2) is 9.55 Å². The van der Waals surface area contributed by atoms with Gasteiger partial charge in [-0.15, -0.1) is 0 Å². The smallest absolute Gasteiger partial charge is 0.297 e. The van der Waals surface area contributed by atoms with Gasteiger partial charge in [0, 0.05) is 5.54 Å². The Bertz CT molecular complexity index is 767. The highest BCUT2D eigenvalue weighted by Crippen LogP contribution is 2.23. The molecule has 0 amide bonds. The number of aromatic amines is 1. The van der Waals surface area contributed by atoms with Crippen LogP contribution in [0.3, 0.4) is 0 Å². The van der Waals surface area contributed by atoms with E-state index in [1.807, 2.05) is 25.1 Å². The lowest BCUT2D eigenvalue weighted by Gasteiger charge is -2.22. The van der Waals surface area contributed by atoms with Crippen LogP contribution in [0.2, 0.25) is 5.15 Å². The first kappa shape index (κ1) is 14.6. The molecule has 0 aliphatic heterocycles. The standard InChI is InChI=1S/C15H17ClN2O2/c1-9-6-5-7-10(8-9)11-12(16)17-14(20)18(13(11)19)15(2,3)4/h5-8H,1-4H3,(H,17,20). The molecule has 0 fully saturated rings. The van der Waals surface area contributed by atoms with E-state index in [1.54, 1.807) is 26.8 Å². The number of halogens is 1. The Morgan fingerprint density at radius 3 is 2.40 bits per heavy atom. The molecule has 106 valence electrons. The van der Waals surface area contributed by atoms with Gasteiger partial charge in [-0.05, 0) is 33.3 Å². The maximum absolute atomic E-state index is 12.6. The maximum Gasteiger partial charge on any atom is 0.330 e. The summed E-state index contributed by atoms with van der Waals surface area (Å²) in [7, 11) is 0. The Morgan fingerprint density at radius 2 is 1.85 bits per heavy atom. The van der Waals surface area contributed by atoms with Crippen LogP contribution in [0.15, 0.2) is 33.9 Å². The van der Waals surface area contributed by atoms with Crippen molar-refractivity contribution in [1.82, 2.24) is 9.55 Å². The molecule has 0 aliphatic rings. The van der Waals surface area contributed by atoms with Crippen molar-refractivity contribution in [2.45, 2.75) is 33.2 Å². The van der Waals surface area contributed by atoms with Crippen LogP contribution < -0.4 is 11.2 Å². The summed E-state index contributed by atoms with van der Waals surface area (Å²) in [5.41, 5.74) is 0.555. The fraction of sp³-hybridized carbons (Fsp3) is 0.333. The highest BCUT2D eigenvalue weighted by atomic mass is 35.5. The molecule has 1 aromatic carbocycles. The normalized spacial score (nSPS) is 11.7. The molecule has 2 rings (SSSR count). The molecule has 1 aromatic heterocycles. The number of benzene rings is 1. The molecule has 0 unspecified atom stereocenters. The van der Waals surface area contributed by atoms with Gasteiger partial charge in [0.2, 0.25) is 0 Å². The van der Waals surface area contributed by atoms with Crippen LogP contribution in [0.1, 0.15) is 26.3 Å². The van der Waals surface area contributed by atoms with E-state index in [0.29, 0.717) is 11.1 Å². The van der Waals surface area contributed by atoms with Crippen LogP contribution in [-0.2, 0) is 5.54 Å². The molecule has 4 nitrogen and oxygen atoms in total. The Labute approximate surface area is 122 Å². The van der Waals surface area contributed by atoms with E-state index in [1.165, 1.54) is 4.57 Å². The number of rotatable bonds is 1. The number of H-pyrrole nitrogens is 1. The Balaban J connectivity index is 2.85. The van der Waals surface area contributed by atoms with Crippen molar-refractivity contribution in [2.75, 3.05) is 0 Å². The Morgan fingerprint density at radius 1 is 1.20 bits per heavy atom. The molecule has 0 saturated heterocycles. The average Bonchev–Trinajstić information content (AvgIpc) is 2.25. The second kappa shape index (κ2) is 4.94. The molecule has 5 heteroatoms. The third-order valence-corrected chi connectivity index (χ3v) is 3.32.